The monoisotopic (exact) mass is 403 g/mol. The van der Waals surface area contributed by atoms with Crippen molar-refractivity contribution in [2.75, 3.05) is 12.1 Å². The summed E-state index contributed by atoms with van der Waals surface area (Å²) in [5.41, 5.74) is 3.25. The highest BCUT2D eigenvalue weighted by atomic mass is 16.7. The summed E-state index contributed by atoms with van der Waals surface area (Å²) in [7, 11) is 3.15. The molecule has 4 aromatic rings. The minimum atomic E-state index is -0.419. The first-order chi connectivity index (χ1) is 14.5. The number of anilines is 2. The summed E-state index contributed by atoms with van der Waals surface area (Å²) in [6, 6.07) is 9.53. The van der Waals surface area contributed by atoms with Crippen LogP contribution in [0.2, 0.25) is 0 Å². The molecule has 0 spiro atoms. The van der Waals surface area contributed by atoms with Crippen LogP contribution in [-0.2, 0) is 14.1 Å². The van der Waals surface area contributed by atoms with Gasteiger partial charge in [-0.2, -0.15) is 5.10 Å². The van der Waals surface area contributed by atoms with E-state index in [9.17, 15) is 9.59 Å². The topological polar surface area (TPSA) is 103 Å². The Hall–Kier alpha value is -4.01. The van der Waals surface area contributed by atoms with Crippen LogP contribution in [0.1, 0.15) is 22.6 Å². The van der Waals surface area contributed by atoms with Crippen molar-refractivity contribution in [3.8, 4) is 11.5 Å². The quantitative estimate of drug-likeness (QED) is 0.443. The van der Waals surface area contributed by atoms with Crippen molar-refractivity contribution < 1.29 is 9.47 Å². The van der Waals surface area contributed by atoms with Crippen molar-refractivity contribution in [2.24, 2.45) is 14.1 Å². The van der Waals surface area contributed by atoms with Crippen LogP contribution in [0.5, 0.6) is 11.5 Å². The predicted octanol–water partition coefficient (Wildman–Crippen LogP) is 1.93. The third kappa shape index (κ3) is 2.08. The van der Waals surface area contributed by atoms with Gasteiger partial charge in [0.05, 0.1) is 17.3 Å². The van der Waals surface area contributed by atoms with Crippen LogP contribution in [0.25, 0.3) is 10.9 Å². The zero-order valence-electron chi connectivity index (χ0n) is 16.2. The molecule has 2 aliphatic heterocycles. The number of aromatic amines is 1. The number of benzene rings is 2. The van der Waals surface area contributed by atoms with Crippen LogP contribution < -0.4 is 26.0 Å². The van der Waals surface area contributed by atoms with E-state index in [1.165, 1.54) is 11.6 Å². The number of hydrogen-bond acceptors (Lipinski definition) is 6. The van der Waals surface area contributed by atoms with Crippen LogP contribution in [0.15, 0.2) is 46.1 Å². The average molecular weight is 403 g/mol. The molecule has 0 saturated carbocycles. The van der Waals surface area contributed by atoms with Crippen molar-refractivity contribution in [1.82, 2.24) is 19.3 Å². The SMILES string of the molecule is Cn1c2c(c(=O)n(C)c1=O)C(c1ccc3c(c1)OCO3)c1c(ccc3[nH]ncc13)N2. The number of aromatic nitrogens is 4. The average Bonchev–Trinajstić information content (AvgIpc) is 3.43. The number of fused-ring (bicyclic) bond motifs is 5. The van der Waals surface area contributed by atoms with Crippen molar-refractivity contribution >= 4 is 22.4 Å². The second kappa shape index (κ2) is 5.76. The summed E-state index contributed by atoms with van der Waals surface area (Å²) in [5.74, 6) is 1.37. The van der Waals surface area contributed by atoms with Gasteiger partial charge in [-0.3, -0.25) is 19.0 Å². The lowest BCUT2D eigenvalue weighted by Gasteiger charge is -2.31. The van der Waals surface area contributed by atoms with E-state index in [-0.39, 0.29) is 18.0 Å². The highest BCUT2D eigenvalue weighted by Crippen LogP contribution is 2.47. The van der Waals surface area contributed by atoms with E-state index in [4.69, 9.17) is 9.47 Å². The Morgan fingerprint density at radius 3 is 2.73 bits per heavy atom. The number of nitrogens with one attached hydrogen (secondary N) is 2. The number of H-pyrrole nitrogens is 1. The number of nitrogens with zero attached hydrogens (tertiary/aromatic N) is 3. The third-order valence-corrected chi connectivity index (χ3v) is 5.93. The van der Waals surface area contributed by atoms with Gasteiger partial charge in [0.25, 0.3) is 5.56 Å². The molecule has 0 radical (unpaired) electrons. The molecular formula is C21H17N5O4. The molecule has 1 unspecified atom stereocenters. The second-order valence-corrected chi connectivity index (χ2v) is 7.50. The fourth-order valence-corrected chi connectivity index (χ4v) is 4.44. The molecule has 0 fully saturated rings. The Bertz CT molecular complexity index is 1480. The van der Waals surface area contributed by atoms with Gasteiger partial charge < -0.3 is 14.8 Å². The molecule has 30 heavy (non-hydrogen) atoms. The summed E-state index contributed by atoms with van der Waals surface area (Å²) in [4.78, 5) is 25.9. The number of ether oxygens (including phenoxy) is 2. The highest BCUT2D eigenvalue weighted by Gasteiger charge is 2.35. The molecule has 9 heteroatoms. The summed E-state index contributed by atoms with van der Waals surface area (Å²) in [5, 5.41) is 11.4. The minimum absolute atomic E-state index is 0.167. The lowest BCUT2D eigenvalue weighted by atomic mass is 9.81. The Morgan fingerprint density at radius 2 is 1.87 bits per heavy atom. The van der Waals surface area contributed by atoms with Gasteiger partial charge in [0, 0.05) is 31.1 Å². The maximum atomic E-state index is 13.3. The molecule has 2 aromatic carbocycles. The van der Waals surface area contributed by atoms with E-state index in [1.807, 2.05) is 30.3 Å². The maximum Gasteiger partial charge on any atom is 0.332 e. The number of hydrogen-bond donors (Lipinski definition) is 2. The van der Waals surface area contributed by atoms with Crippen LogP contribution in [-0.4, -0.2) is 26.1 Å². The zero-order chi connectivity index (χ0) is 20.6. The van der Waals surface area contributed by atoms with Crippen LogP contribution >= 0.6 is 0 Å². The Morgan fingerprint density at radius 1 is 1.03 bits per heavy atom. The molecule has 2 aromatic heterocycles. The smallest absolute Gasteiger partial charge is 0.332 e. The van der Waals surface area contributed by atoms with Gasteiger partial charge in [-0.25, -0.2) is 4.79 Å². The third-order valence-electron chi connectivity index (χ3n) is 5.93. The van der Waals surface area contributed by atoms with E-state index in [0.717, 1.165) is 32.3 Å². The van der Waals surface area contributed by atoms with Gasteiger partial charge >= 0.3 is 5.69 Å². The largest absolute Gasteiger partial charge is 0.454 e. The first-order valence-electron chi connectivity index (χ1n) is 9.47. The molecule has 0 aliphatic carbocycles. The lowest BCUT2D eigenvalue weighted by molar-refractivity contribution is 0.174. The van der Waals surface area contributed by atoms with Crippen molar-refractivity contribution in [3.05, 3.63) is 74.1 Å². The Balaban J connectivity index is 1.74. The van der Waals surface area contributed by atoms with Crippen molar-refractivity contribution in [3.63, 3.8) is 0 Å². The maximum absolute atomic E-state index is 13.3. The minimum Gasteiger partial charge on any atom is -0.454 e. The van der Waals surface area contributed by atoms with Gasteiger partial charge in [-0.05, 0) is 35.4 Å². The summed E-state index contributed by atoms with van der Waals surface area (Å²) < 4.78 is 13.6. The van der Waals surface area contributed by atoms with E-state index in [2.05, 4.69) is 15.5 Å². The first-order valence-corrected chi connectivity index (χ1v) is 9.47. The van der Waals surface area contributed by atoms with E-state index >= 15 is 0 Å². The van der Waals surface area contributed by atoms with E-state index < -0.39 is 5.92 Å². The summed E-state index contributed by atoms with van der Waals surface area (Å²) >= 11 is 0. The fraction of sp³-hybridized carbons (Fsp3) is 0.190. The van der Waals surface area contributed by atoms with Crippen LogP contribution in [0.4, 0.5) is 11.5 Å². The van der Waals surface area contributed by atoms with Gasteiger partial charge in [0.1, 0.15) is 5.82 Å². The molecule has 2 aliphatic rings. The summed E-state index contributed by atoms with van der Waals surface area (Å²) in [6.45, 7) is 0.167. The second-order valence-electron chi connectivity index (χ2n) is 7.50. The first kappa shape index (κ1) is 16.9. The van der Waals surface area contributed by atoms with Gasteiger partial charge in [-0.15, -0.1) is 0 Å². The van der Waals surface area contributed by atoms with Gasteiger partial charge in [0.15, 0.2) is 11.5 Å². The highest BCUT2D eigenvalue weighted by molar-refractivity contribution is 5.92. The standard InChI is InChI=1S/C21H17N5O4/c1-25-19-18(20(27)26(2)21(25)28)16(10-3-6-14-15(7-10)30-9-29-14)17-11-8-22-24-12(11)4-5-13(17)23-19/h3-8,16,23H,9H2,1-2H3,(H,22,24). The molecule has 9 nitrogen and oxygen atoms in total. The zero-order valence-corrected chi connectivity index (χ0v) is 16.2. The van der Waals surface area contributed by atoms with Gasteiger partial charge in [0.2, 0.25) is 6.79 Å². The normalized spacial score (nSPS) is 16.3. The van der Waals surface area contributed by atoms with E-state index in [0.29, 0.717) is 22.9 Å². The van der Waals surface area contributed by atoms with Gasteiger partial charge in [-0.1, -0.05) is 6.07 Å². The molecule has 0 amide bonds. The molecule has 0 bridgehead atoms. The van der Waals surface area contributed by atoms with Crippen LogP contribution in [0.3, 0.4) is 0 Å². The molecule has 150 valence electrons. The predicted molar refractivity (Wildman–Crippen MR) is 110 cm³/mol. The molecule has 6 rings (SSSR count). The number of rotatable bonds is 1. The van der Waals surface area contributed by atoms with Crippen molar-refractivity contribution in [2.45, 2.75) is 5.92 Å². The Labute approximate surface area is 169 Å². The van der Waals surface area contributed by atoms with E-state index in [1.54, 1.807) is 13.2 Å². The Kier molecular flexibility index (Phi) is 3.24. The van der Waals surface area contributed by atoms with Crippen molar-refractivity contribution in [1.29, 1.82) is 0 Å². The molecule has 4 heterocycles. The fourth-order valence-electron chi connectivity index (χ4n) is 4.44. The molecule has 1 atom stereocenters. The molecular weight excluding hydrogens is 386 g/mol. The van der Waals surface area contributed by atoms with Crippen LogP contribution in [0, 0.1) is 0 Å². The summed E-state index contributed by atoms with van der Waals surface area (Å²) in [6.07, 6.45) is 1.76. The molecule has 0 saturated heterocycles. The molecule has 2 N–H and O–H groups in total. The lowest BCUT2D eigenvalue weighted by Crippen LogP contribution is -2.42.